The van der Waals surface area contributed by atoms with E-state index in [-0.39, 0.29) is 12.6 Å². The third kappa shape index (κ3) is 4.32. The van der Waals surface area contributed by atoms with Crippen molar-refractivity contribution in [1.82, 2.24) is 5.32 Å². The summed E-state index contributed by atoms with van der Waals surface area (Å²) in [6, 6.07) is 11.0. The molecule has 1 saturated carbocycles. The largest absolute Gasteiger partial charge is 0.394 e. The lowest BCUT2D eigenvalue weighted by Crippen LogP contribution is -2.34. The average Bonchev–Trinajstić information content (AvgIpc) is 2.70. The lowest BCUT2D eigenvalue weighted by Gasteiger charge is -2.24. The topological polar surface area (TPSA) is 32.3 Å². The number of hydrogen-bond acceptors (Lipinski definition) is 2. The predicted octanol–water partition coefficient (Wildman–Crippen LogP) is 3.67. The monoisotopic (exact) mass is 261 g/mol. The molecule has 0 bridgehead atoms. The van der Waals surface area contributed by atoms with Crippen LogP contribution in [0.25, 0.3) is 0 Å². The number of hydrogen-bond donors (Lipinski definition) is 2. The molecule has 0 radical (unpaired) electrons. The smallest absolute Gasteiger partial charge is 0.0626 e. The molecule has 19 heavy (non-hydrogen) atoms. The first-order valence-corrected chi connectivity index (χ1v) is 7.75. The highest BCUT2D eigenvalue weighted by atomic mass is 16.3. The van der Waals surface area contributed by atoms with Crippen molar-refractivity contribution >= 4 is 0 Å². The van der Waals surface area contributed by atoms with Gasteiger partial charge in [-0.05, 0) is 30.7 Å². The molecule has 1 aromatic carbocycles. The summed E-state index contributed by atoms with van der Waals surface area (Å²) in [7, 11) is 0. The highest BCUT2D eigenvalue weighted by Crippen LogP contribution is 2.26. The van der Waals surface area contributed by atoms with Gasteiger partial charge in [0.25, 0.3) is 0 Å². The van der Waals surface area contributed by atoms with Gasteiger partial charge >= 0.3 is 0 Å². The van der Waals surface area contributed by atoms with Crippen LogP contribution in [0.15, 0.2) is 30.3 Å². The number of aliphatic hydroxyl groups is 1. The van der Waals surface area contributed by atoms with Crippen LogP contribution < -0.4 is 5.32 Å². The Morgan fingerprint density at radius 1 is 1.16 bits per heavy atom. The summed E-state index contributed by atoms with van der Waals surface area (Å²) in [5.74, 6) is 0.913. The maximum absolute atomic E-state index is 9.62. The summed E-state index contributed by atoms with van der Waals surface area (Å²) >= 11 is 0. The molecule has 106 valence electrons. The van der Waals surface area contributed by atoms with Crippen molar-refractivity contribution in [1.29, 1.82) is 0 Å². The van der Waals surface area contributed by atoms with Crippen molar-refractivity contribution < 1.29 is 5.11 Å². The van der Waals surface area contributed by atoms with E-state index in [1.807, 2.05) is 18.2 Å². The van der Waals surface area contributed by atoms with Gasteiger partial charge in [-0.3, -0.25) is 0 Å². The molecule has 0 aliphatic heterocycles. The first-order chi connectivity index (χ1) is 9.33. The Kier molecular flexibility index (Phi) is 5.87. The van der Waals surface area contributed by atoms with E-state index in [4.69, 9.17) is 0 Å². The molecule has 3 atom stereocenters. The second-order valence-corrected chi connectivity index (χ2v) is 5.79. The van der Waals surface area contributed by atoms with E-state index in [1.54, 1.807) is 0 Å². The van der Waals surface area contributed by atoms with Crippen molar-refractivity contribution in [3.63, 3.8) is 0 Å². The quantitative estimate of drug-likeness (QED) is 0.793. The van der Waals surface area contributed by atoms with E-state index < -0.39 is 0 Å². The van der Waals surface area contributed by atoms with Crippen molar-refractivity contribution in [3.05, 3.63) is 35.9 Å². The Morgan fingerprint density at radius 2 is 1.95 bits per heavy atom. The highest BCUT2D eigenvalue weighted by molar-refractivity contribution is 5.19. The first kappa shape index (κ1) is 14.5. The molecule has 1 aliphatic rings. The van der Waals surface area contributed by atoms with Gasteiger partial charge in [-0.25, -0.2) is 0 Å². The Morgan fingerprint density at radius 3 is 2.63 bits per heavy atom. The van der Waals surface area contributed by atoms with Crippen LogP contribution in [0, 0.1) is 5.92 Å². The molecule has 1 fully saturated rings. The molecule has 0 aromatic heterocycles. The number of benzene rings is 1. The summed E-state index contributed by atoms with van der Waals surface area (Å²) < 4.78 is 0. The Bertz CT molecular complexity index is 352. The lowest BCUT2D eigenvalue weighted by molar-refractivity contribution is 0.228. The average molecular weight is 261 g/mol. The van der Waals surface area contributed by atoms with Crippen molar-refractivity contribution in [3.8, 4) is 0 Å². The first-order valence-electron chi connectivity index (χ1n) is 7.75. The minimum Gasteiger partial charge on any atom is -0.394 e. The van der Waals surface area contributed by atoms with Crippen molar-refractivity contribution in [2.45, 2.75) is 57.5 Å². The van der Waals surface area contributed by atoms with Gasteiger partial charge in [0, 0.05) is 6.04 Å². The fourth-order valence-corrected chi connectivity index (χ4v) is 3.18. The highest BCUT2D eigenvalue weighted by Gasteiger charge is 2.20. The second kappa shape index (κ2) is 7.66. The Hall–Kier alpha value is -0.860. The zero-order valence-electron chi connectivity index (χ0n) is 12.0. The van der Waals surface area contributed by atoms with Gasteiger partial charge in [-0.2, -0.15) is 0 Å². The molecule has 0 spiro atoms. The molecule has 1 aromatic rings. The molecule has 2 nitrogen and oxygen atoms in total. The van der Waals surface area contributed by atoms with Crippen LogP contribution in [-0.2, 0) is 0 Å². The zero-order valence-corrected chi connectivity index (χ0v) is 12.0. The third-order valence-electron chi connectivity index (χ3n) is 4.49. The van der Waals surface area contributed by atoms with Gasteiger partial charge in [0.1, 0.15) is 0 Å². The summed E-state index contributed by atoms with van der Waals surface area (Å²) in [5.41, 5.74) is 1.20. The van der Waals surface area contributed by atoms with Crippen LogP contribution in [-0.4, -0.2) is 17.8 Å². The predicted molar refractivity (Wildman–Crippen MR) is 80.1 cm³/mol. The van der Waals surface area contributed by atoms with Gasteiger partial charge in [-0.15, -0.1) is 0 Å². The standard InChI is InChI=1S/C17H27NO/c1-2-14-7-6-10-16(12-11-14)18-17(13-19)15-8-4-3-5-9-15/h3-5,8-9,14,16-19H,2,6-7,10-13H2,1H3/t14?,16?,17-/m0/s1. The van der Waals surface area contributed by atoms with Crippen LogP contribution in [0.4, 0.5) is 0 Å². The normalized spacial score (nSPS) is 25.8. The van der Waals surface area contributed by atoms with E-state index in [0.717, 1.165) is 5.92 Å². The van der Waals surface area contributed by atoms with Crippen molar-refractivity contribution in [2.75, 3.05) is 6.61 Å². The van der Waals surface area contributed by atoms with Gasteiger partial charge in [0.05, 0.1) is 12.6 Å². The fourth-order valence-electron chi connectivity index (χ4n) is 3.18. The SMILES string of the molecule is CCC1CCCC(N[C@@H](CO)c2ccccc2)CC1. The maximum atomic E-state index is 9.62. The second-order valence-electron chi connectivity index (χ2n) is 5.79. The fraction of sp³-hybridized carbons (Fsp3) is 0.647. The van der Waals surface area contributed by atoms with E-state index in [2.05, 4.69) is 24.4 Å². The van der Waals surface area contributed by atoms with Crippen LogP contribution in [0.2, 0.25) is 0 Å². The van der Waals surface area contributed by atoms with Crippen LogP contribution in [0.5, 0.6) is 0 Å². The molecule has 2 rings (SSSR count). The molecule has 0 heterocycles. The minimum absolute atomic E-state index is 0.0874. The summed E-state index contributed by atoms with van der Waals surface area (Å²) in [6.45, 7) is 2.48. The Labute approximate surface area is 117 Å². The van der Waals surface area contributed by atoms with Crippen LogP contribution in [0.3, 0.4) is 0 Å². The summed E-state index contributed by atoms with van der Waals surface area (Å²) in [6.07, 6.45) is 7.85. The molecular formula is C17H27NO. The minimum atomic E-state index is 0.0874. The Balaban J connectivity index is 1.91. The van der Waals surface area contributed by atoms with Gasteiger partial charge < -0.3 is 10.4 Å². The van der Waals surface area contributed by atoms with Crippen LogP contribution in [0.1, 0.15) is 57.1 Å². The molecule has 0 amide bonds. The van der Waals surface area contributed by atoms with E-state index in [1.165, 1.54) is 44.1 Å². The molecule has 2 heteroatoms. The van der Waals surface area contributed by atoms with E-state index in [9.17, 15) is 5.11 Å². The van der Waals surface area contributed by atoms with Gasteiger partial charge in [0.15, 0.2) is 0 Å². The number of rotatable bonds is 5. The maximum Gasteiger partial charge on any atom is 0.0626 e. The number of nitrogens with one attached hydrogen (secondary N) is 1. The zero-order chi connectivity index (χ0) is 13.5. The van der Waals surface area contributed by atoms with Gasteiger partial charge in [-0.1, -0.05) is 56.5 Å². The lowest BCUT2D eigenvalue weighted by atomic mass is 9.97. The molecule has 2 N–H and O–H groups in total. The molecule has 1 aliphatic carbocycles. The molecule has 2 unspecified atom stereocenters. The molecule has 0 saturated heterocycles. The summed E-state index contributed by atoms with van der Waals surface area (Å²) in [5, 5.41) is 13.3. The number of aliphatic hydroxyl groups excluding tert-OH is 1. The van der Waals surface area contributed by atoms with Gasteiger partial charge in [0.2, 0.25) is 0 Å². The summed E-state index contributed by atoms with van der Waals surface area (Å²) in [4.78, 5) is 0. The third-order valence-corrected chi connectivity index (χ3v) is 4.49. The van der Waals surface area contributed by atoms with Crippen molar-refractivity contribution in [2.24, 2.45) is 5.92 Å². The molecular weight excluding hydrogens is 234 g/mol. The van der Waals surface area contributed by atoms with E-state index >= 15 is 0 Å². The van der Waals surface area contributed by atoms with E-state index in [0.29, 0.717) is 6.04 Å². The van der Waals surface area contributed by atoms with Crippen LogP contribution >= 0.6 is 0 Å².